The third kappa shape index (κ3) is 8.74. The van der Waals surface area contributed by atoms with Crippen LogP contribution in [0.5, 0.6) is 11.5 Å². The predicted molar refractivity (Wildman–Crippen MR) is 155 cm³/mol. The molecule has 0 heterocycles. The van der Waals surface area contributed by atoms with Gasteiger partial charge in [-0.15, -0.1) is 0 Å². The molecule has 3 aromatic rings. The Bertz CT molecular complexity index is 1520. The number of hydrogen-bond acceptors (Lipinski definition) is 8. The molecule has 0 fully saturated rings. The van der Waals surface area contributed by atoms with Crippen molar-refractivity contribution in [3.8, 4) is 11.5 Å². The Balaban J connectivity index is 2.06. The minimum absolute atomic E-state index is 0.00944. The lowest BCUT2D eigenvalue weighted by molar-refractivity contribution is 0.0681. The summed E-state index contributed by atoms with van der Waals surface area (Å²) in [5, 5.41) is 3.24. The van der Waals surface area contributed by atoms with Gasteiger partial charge in [-0.2, -0.15) is 8.42 Å². The molecule has 40 heavy (non-hydrogen) atoms. The third-order valence-corrected chi connectivity index (χ3v) is 6.66. The molecule has 1 N–H and O–H groups in total. The van der Waals surface area contributed by atoms with Gasteiger partial charge in [-0.3, -0.25) is 4.18 Å². The first-order chi connectivity index (χ1) is 18.5. The summed E-state index contributed by atoms with van der Waals surface area (Å²) in [6.07, 6.45) is 0.0370. The molecule has 1 unspecified atom stereocenters. The maximum Gasteiger partial charge on any atom is 0.343 e. The van der Waals surface area contributed by atoms with Crippen LogP contribution in [0.25, 0.3) is 0 Å². The molecule has 1 atom stereocenters. The van der Waals surface area contributed by atoms with Crippen molar-refractivity contribution in [3.63, 3.8) is 0 Å². The molecule has 0 aromatic heterocycles. The Hall–Kier alpha value is -3.53. The quantitative estimate of drug-likeness (QED) is 0.197. The van der Waals surface area contributed by atoms with Crippen molar-refractivity contribution in [1.29, 1.82) is 0 Å². The van der Waals surface area contributed by atoms with E-state index in [1.165, 1.54) is 12.1 Å². The summed E-state index contributed by atoms with van der Waals surface area (Å²) in [6.45, 7) is 13.3. The summed E-state index contributed by atoms with van der Waals surface area (Å²) in [6, 6.07) is 15.4. The fraction of sp³-hybridized carbons (Fsp3) is 0.355. The monoisotopic (exact) mass is 567 g/mol. The molecule has 0 radical (unpaired) electrons. The normalized spacial score (nSPS) is 12.6. The molecular formula is C31H37NO7S. The summed E-state index contributed by atoms with van der Waals surface area (Å²) in [5.74, 6) is -1.29. The summed E-state index contributed by atoms with van der Waals surface area (Å²) >= 11 is 0. The molecule has 0 amide bonds. The molecular weight excluding hydrogens is 530 g/mol. The van der Waals surface area contributed by atoms with Crippen molar-refractivity contribution in [2.24, 2.45) is 0 Å². The van der Waals surface area contributed by atoms with Crippen molar-refractivity contribution in [3.05, 3.63) is 93.5 Å². The Morgan fingerprint density at radius 3 is 1.75 bits per heavy atom. The van der Waals surface area contributed by atoms with Crippen LogP contribution in [0.15, 0.2) is 54.6 Å². The molecule has 0 saturated heterocycles. The number of carbonyl (C=O) groups is 2. The van der Waals surface area contributed by atoms with Gasteiger partial charge in [0.05, 0.1) is 17.4 Å². The predicted octanol–water partition coefficient (Wildman–Crippen LogP) is 5.76. The van der Waals surface area contributed by atoms with Crippen LogP contribution >= 0.6 is 0 Å². The zero-order valence-corrected chi connectivity index (χ0v) is 25.1. The summed E-state index contributed by atoms with van der Waals surface area (Å²) in [7, 11) is -3.84. The van der Waals surface area contributed by atoms with Crippen LogP contribution in [0.4, 0.5) is 0 Å². The van der Waals surface area contributed by atoms with Crippen molar-refractivity contribution in [1.82, 2.24) is 5.32 Å². The zero-order chi connectivity index (χ0) is 29.8. The van der Waals surface area contributed by atoms with Gasteiger partial charge in [0.1, 0.15) is 6.10 Å². The van der Waals surface area contributed by atoms with Crippen LogP contribution in [-0.2, 0) is 14.3 Å². The first kappa shape index (κ1) is 31.0. The van der Waals surface area contributed by atoms with E-state index < -0.39 is 28.2 Å². The Labute approximate surface area is 236 Å². The van der Waals surface area contributed by atoms with Gasteiger partial charge >= 0.3 is 11.9 Å². The molecule has 9 heteroatoms. The highest BCUT2D eigenvalue weighted by Gasteiger charge is 2.25. The third-order valence-electron chi connectivity index (χ3n) is 6.08. The zero-order valence-electron chi connectivity index (χ0n) is 24.2. The standard InChI is InChI=1S/C31H37NO7S/c1-19-9-11-21(3)24(15-19)29(33)37-26-14-13-23(28(39-40(8,35)36)18-32-31(5,6)7)17-27(26)38-30(34)25-16-20(2)10-12-22(25)4/h9-17,28,32H,18H2,1-8H3. The smallest absolute Gasteiger partial charge is 0.343 e. The van der Waals surface area contributed by atoms with Gasteiger partial charge in [0.25, 0.3) is 10.1 Å². The van der Waals surface area contributed by atoms with E-state index in [0.717, 1.165) is 22.9 Å². The van der Waals surface area contributed by atoms with Crippen LogP contribution in [0, 0.1) is 27.7 Å². The Morgan fingerprint density at radius 2 is 1.27 bits per heavy atom. The van der Waals surface area contributed by atoms with Gasteiger partial charge in [-0.25, -0.2) is 9.59 Å². The Kier molecular flexibility index (Phi) is 9.56. The largest absolute Gasteiger partial charge is 0.419 e. The Morgan fingerprint density at radius 1 is 0.775 bits per heavy atom. The number of nitrogens with one attached hydrogen (secondary N) is 1. The lowest BCUT2D eigenvalue weighted by Gasteiger charge is -2.25. The molecule has 0 saturated carbocycles. The lowest BCUT2D eigenvalue weighted by atomic mass is 10.0. The fourth-order valence-corrected chi connectivity index (χ4v) is 4.53. The van der Waals surface area contributed by atoms with Crippen molar-refractivity contribution in [2.45, 2.75) is 60.1 Å². The van der Waals surface area contributed by atoms with Crippen LogP contribution < -0.4 is 14.8 Å². The molecule has 214 valence electrons. The van der Waals surface area contributed by atoms with E-state index in [1.807, 2.05) is 58.9 Å². The summed E-state index contributed by atoms with van der Waals surface area (Å²) < 4.78 is 41.0. The van der Waals surface area contributed by atoms with Crippen molar-refractivity contribution in [2.75, 3.05) is 12.8 Å². The second-order valence-corrected chi connectivity index (χ2v) is 12.6. The maximum atomic E-state index is 13.3. The SMILES string of the molecule is Cc1ccc(C)c(C(=O)Oc2ccc(C(CNC(C)(C)C)OS(C)(=O)=O)cc2OC(=O)c2cc(C)ccc2C)c1. The van der Waals surface area contributed by atoms with Gasteiger partial charge in [0, 0.05) is 12.1 Å². The molecule has 0 aliphatic carbocycles. The summed E-state index contributed by atoms with van der Waals surface area (Å²) in [4.78, 5) is 26.4. The van der Waals surface area contributed by atoms with E-state index in [2.05, 4.69) is 5.32 Å². The molecule has 3 aromatic carbocycles. The number of rotatable bonds is 9. The average Bonchev–Trinajstić information content (AvgIpc) is 2.84. The molecule has 0 aliphatic rings. The molecule has 0 bridgehead atoms. The number of ether oxygens (including phenoxy) is 2. The van der Waals surface area contributed by atoms with Crippen LogP contribution in [-0.4, -0.2) is 38.7 Å². The van der Waals surface area contributed by atoms with E-state index >= 15 is 0 Å². The number of benzene rings is 3. The minimum atomic E-state index is -3.84. The van der Waals surface area contributed by atoms with Crippen LogP contribution in [0.3, 0.4) is 0 Å². The van der Waals surface area contributed by atoms with E-state index in [1.54, 1.807) is 32.0 Å². The first-order valence-electron chi connectivity index (χ1n) is 12.9. The summed E-state index contributed by atoms with van der Waals surface area (Å²) in [5.41, 5.74) is 4.04. The molecule has 8 nitrogen and oxygen atoms in total. The second-order valence-electron chi connectivity index (χ2n) is 11.0. The van der Waals surface area contributed by atoms with Gasteiger partial charge in [0.15, 0.2) is 11.5 Å². The van der Waals surface area contributed by atoms with E-state index in [0.29, 0.717) is 22.3 Å². The van der Waals surface area contributed by atoms with E-state index in [9.17, 15) is 18.0 Å². The number of esters is 2. The molecule has 3 rings (SSSR count). The maximum absolute atomic E-state index is 13.3. The highest BCUT2D eigenvalue weighted by Crippen LogP contribution is 2.34. The number of hydrogen-bond donors (Lipinski definition) is 1. The number of carbonyl (C=O) groups excluding carboxylic acids is 2. The van der Waals surface area contributed by atoms with E-state index in [-0.39, 0.29) is 23.6 Å². The van der Waals surface area contributed by atoms with Gasteiger partial charge in [-0.1, -0.05) is 41.5 Å². The van der Waals surface area contributed by atoms with Crippen LogP contribution in [0.2, 0.25) is 0 Å². The van der Waals surface area contributed by atoms with Gasteiger partial charge in [0.2, 0.25) is 0 Å². The van der Waals surface area contributed by atoms with Gasteiger partial charge < -0.3 is 14.8 Å². The van der Waals surface area contributed by atoms with Gasteiger partial charge in [-0.05, 0) is 89.4 Å². The highest BCUT2D eigenvalue weighted by atomic mass is 32.2. The van der Waals surface area contributed by atoms with Crippen molar-refractivity contribution >= 4 is 22.1 Å². The minimum Gasteiger partial charge on any atom is -0.419 e. The second kappa shape index (κ2) is 12.3. The highest BCUT2D eigenvalue weighted by molar-refractivity contribution is 7.86. The van der Waals surface area contributed by atoms with Crippen LogP contribution in [0.1, 0.15) is 75.4 Å². The first-order valence-corrected chi connectivity index (χ1v) is 14.7. The fourth-order valence-electron chi connectivity index (χ4n) is 3.93. The van der Waals surface area contributed by atoms with E-state index in [4.69, 9.17) is 13.7 Å². The van der Waals surface area contributed by atoms with Crippen molar-refractivity contribution < 1.29 is 31.7 Å². The molecule has 0 spiro atoms. The average molecular weight is 568 g/mol. The lowest BCUT2D eigenvalue weighted by Crippen LogP contribution is -2.39. The number of aryl methyl sites for hydroxylation is 4. The molecule has 0 aliphatic heterocycles. The topological polar surface area (TPSA) is 108 Å².